The molecule has 6 nitrogen and oxygen atoms in total. The Labute approximate surface area is 189 Å². The van der Waals surface area contributed by atoms with Crippen LogP contribution in [0.4, 0.5) is 5.69 Å². The van der Waals surface area contributed by atoms with E-state index >= 15 is 0 Å². The molecule has 6 heteroatoms. The smallest absolute Gasteiger partial charge is 0.266 e. The zero-order valence-electron chi connectivity index (χ0n) is 18.6. The summed E-state index contributed by atoms with van der Waals surface area (Å²) in [6, 6.07) is 14.7. The molecule has 2 N–H and O–H groups in total. The Morgan fingerprint density at radius 3 is 2.44 bits per heavy atom. The number of anilines is 1. The summed E-state index contributed by atoms with van der Waals surface area (Å²) in [6.45, 7) is 3.93. The third kappa shape index (κ3) is 6.71. The number of hydrogen-bond donors (Lipinski definition) is 2. The molecule has 1 aliphatic carbocycles. The van der Waals surface area contributed by atoms with E-state index in [2.05, 4.69) is 10.6 Å². The van der Waals surface area contributed by atoms with Crippen LogP contribution in [0.5, 0.6) is 5.75 Å². The summed E-state index contributed by atoms with van der Waals surface area (Å²) < 4.78 is 5.57. The first kappa shape index (κ1) is 23.1. The van der Waals surface area contributed by atoms with E-state index in [9.17, 15) is 14.9 Å². The fourth-order valence-electron chi connectivity index (χ4n) is 3.66. The van der Waals surface area contributed by atoms with E-state index in [1.54, 1.807) is 24.3 Å². The Kier molecular flexibility index (Phi) is 8.04. The SMILES string of the molecule is Cc1ccc(NC(=O)/C(C#N)=C/c2ccc(OCC(=O)NC3CCCCC3)cc2)cc1C. The standard InChI is InChI=1S/C26H29N3O3/c1-18-8-11-23(14-19(18)2)29-26(31)21(16-27)15-20-9-12-24(13-10-20)32-17-25(30)28-22-6-4-3-5-7-22/h8-15,22H,3-7,17H2,1-2H3,(H,28,30)(H,29,31)/b21-15+. The third-order valence-corrected chi connectivity index (χ3v) is 5.66. The lowest BCUT2D eigenvalue weighted by Gasteiger charge is -2.22. The Morgan fingerprint density at radius 2 is 1.78 bits per heavy atom. The predicted octanol–water partition coefficient (Wildman–Crippen LogP) is 4.68. The molecule has 0 radical (unpaired) electrons. The average Bonchev–Trinajstić information content (AvgIpc) is 2.80. The van der Waals surface area contributed by atoms with Crippen LogP contribution < -0.4 is 15.4 Å². The quantitative estimate of drug-likeness (QED) is 0.492. The molecule has 1 fully saturated rings. The summed E-state index contributed by atoms with van der Waals surface area (Å²) in [5, 5.41) is 15.2. The van der Waals surface area contributed by atoms with Gasteiger partial charge in [0.2, 0.25) is 0 Å². The molecular formula is C26H29N3O3. The first-order chi connectivity index (χ1) is 15.4. The fraction of sp³-hybridized carbons (Fsp3) is 0.346. The maximum atomic E-state index is 12.5. The van der Waals surface area contributed by atoms with Gasteiger partial charge < -0.3 is 15.4 Å². The van der Waals surface area contributed by atoms with Crippen LogP contribution in [0.15, 0.2) is 48.0 Å². The van der Waals surface area contributed by atoms with E-state index < -0.39 is 5.91 Å². The van der Waals surface area contributed by atoms with Crippen LogP contribution >= 0.6 is 0 Å². The van der Waals surface area contributed by atoms with Crippen molar-refractivity contribution < 1.29 is 14.3 Å². The number of nitriles is 1. The molecule has 2 aromatic rings. The topological polar surface area (TPSA) is 91.2 Å². The summed E-state index contributed by atoms with van der Waals surface area (Å²) in [5.74, 6) is -0.0230. The second kappa shape index (κ2) is 11.1. The second-order valence-corrected chi connectivity index (χ2v) is 8.18. The molecule has 0 aromatic heterocycles. The molecule has 0 bridgehead atoms. The Morgan fingerprint density at radius 1 is 1.06 bits per heavy atom. The maximum Gasteiger partial charge on any atom is 0.266 e. The number of amides is 2. The lowest BCUT2D eigenvalue weighted by molar-refractivity contribution is -0.124. The molecule has 0 heterocycles. The van der Waals surface area contributed by atoms with E-state index in [-0.39, 0.29) is 24.1 Å². The molecule has 3 rings (SSSR count). The highest BCUT2D eigenvalue weighted by molar-refractivity contribution is 6.09. The van der Waals surface area contributed by atoms with Gasteiger partial charge in [-0.05, 0) is 73.7 Å². The molecule has 0 aliphatic heterocycles. The Bertz CT molecular complexity index is 1030. The van der Waals surface area contributed by atoms with E-state index in [1.807, 2.05) is 38.1 Å². The fourth-order valence-corrected chi connectivity index (χ4v) is 3.66. The number of benzene rings is 2. The summed E-state index contributed by atoms with van der Waals surface area (Å²) in [7, 11) is 0. The first-order valence-electron chi connectivity index (χ1n) is 11.0. The van der Waals surface area contributed by atoms with Crippen LogP contribution in [0.2, 0.25) is 0 Å². The van der Waals surface area contributed by atoms with Crippen molar-refractivity contribution in [1.82, 2.24) is 5.32 Å². The third-order valence-electron chi connectivity index (χ3n) is 5.66. The number of nitrogens with one attached hydrogen (secondary N) is 2. The number of ether oxygens (including phenoxy) is 1. The summed E-state index contributed by atoms with van der Waals surface area (Å²) in [4.78, 5) is 24.6. The van der Waals surface area contributed by atoms with E-state index in [0.717, 1.165) is 36.8 Å². The number of hydrogen-bond acceptors (Lipinski definition) is 4. The highest BCUT2D eigenvalue weighted by Gasteiger charge is 2.16. The van der Waals surface area contributed by atoms with E-state index in [4.69, 9.17) is 4.74 Å². The average molecular weight is 432 g/mol. The monoisotopic (exact) mass is 431 g/mol. The van der Waals surface area contributed by atoms with Crippen molar-refractivity contribution in [3.63, 3.8) is 0 Å². The van der Waals surface area contributed by atoms with Crippen LogP contribution in [-0.2, 0) is 9.59 Å². The normalized spacial score (nSPS) is 14.3. The molecule has 1 aliphatic rings. The van der Waals surface area contributed by atoms with Crippen LogP contribution in [0.25, 0.3) is 6.08 Å². The maximum absolute atomic E-state index is 12.5. The van der Waals surface area contributed by atoms with Crippen molar-refractivity contribution in [2.24, 2.45) is 0 Å². The molecule has 0 saturated heterocycles. The Balaban J connectivity index is 1.55. The minimum atomic E-state index is -0.463. The van der Waals surface area contributed by atoms with Crippen molar-refractivity contribution in [2.45, 2.75) is 52.0 Å². The molecule has 0 spiro atoms. The minimum Gasteiger partial charge on any atom is -0.484 e. The summed E-state index contributed by atoms with van der Waals surface area (Å²) >= 11 is 0. The molecule has 32 heavy (non-hydrogen) atoms. The lowest BCUT2D eigenvalue weighted by atomic mass is 9.95. The van der Waals surface area contributed by atoms with Gasteiger partial charge in [0.05, 0.1) is 0 Å². The van der Waals surface area contributed by atoms with Gasteiger partial charge in [0, 0.05) is 11.7 Å². The van der Waals surface area contributed by atoms with E-state index in [1.165, 1.54) is 12.5 Å². The number of nitrogens with zero attached hydrogens (tertiary/aromatic N) is 1. The Hall–Kier alpha value is -3.59. The van der Waals surface area contributed by atoms with Gasteiger partial charge in [-0.1, -0.05) is 37.5 Å². The van der Waals surface area contributed by atoms with Crippen molar-refractivity contribution in [3.05, 3.63) is 64.7 Å². The largest absolute Gasteiger partial charge is 0.484 e. The molecule has 2 aromatic carbocycles. The summed E-state index contributed by atoms with van der Waals surface area (Å²) in [6.07, 6.45) is 7.15. The van der Waals surface area contributed by atoms with Gasteiger partial charge in [-0.15, -0.1) is 0 Å². The molecule has 166 valence electrons. The van der Waals surface area contributed by atoms with Gasteiger partial charge in [0.25, 0.3) is 11.8 Å². The van der Waals surface area contributed by atoms with Crippen molar-refractivity contribution in [2.75, 3.05) is 11.9 Å². The minimum absolute atomic E-state index is 0.00348. The van der Waals surface area contributed by atoms with Crippen LogP contribution in [0, 0.1) is 25.2 Å². The van der Waals surface area contributed by atoms with Gasteiger partial charge in [-0.25, -0.2) is 0 Å². The number of carbonyl (C=O) groups excluding carboxylic acids is 2. The second-order valence-electron chi connectivity index (χ2n) is 8.18. The highest BCUT2D eigenvalue weighted by atomic mass is 16.5. The van der Waals surface area contributed by atoms with Crippen molar-refractivity contribution in [1.29, 1.82) is 5.26 Å². The molecule has 0 unspecified atom stereocenters. The summed E-state index contributed by atoms with van der Waals surface area (Å²) in [5.41, 5.74) is 3.54. The molecule has 2 amide bonds. The van der Waals surface area contributed by atoms with Crippen molar-refractivity contribution in [3.8, 4) is 11.8 Å². The van der Waals surface area contributed by atoms with Gasteiger partial charge >= 0.3 is 0 Å². The number of rotatable bonds is 7. The van der Waals surface area contributed by atoms with Gasteiger partial charge in [-0.3, -0.25) is 9.59 Å². The lowest BCUT2D eigenvalue weighted by Crippen LogP contribution is -2.38. The van der Waals surface area contributed by atoms with Crippen LogP contribution in [-0.4, -0.2) is 24.5 Å². The first-order valence-corrected chi connectivity index (χ1v) is 11.0. The molecule has 1 saturated carbocycles. The zero-order chi connectivity index (χ0) is 22.9. The van der Waals surface area contributed by atoms with Crippen molar-refractivity contribution >= 4 is 23.6 Å². The van der Waals surface area contributed by atoms with Gasteiger partial charge in [0.15, 0.2) is 6.61 Å². The van der Waals surface area contributed by atoms with Gasteiger partial charge in [-0.2, -0.15) is 5.26 Å². The predicted molar refractivity (Wildman–Crippen MR) is 125 cm³/mol. The van der Waals surface area contributed by atoms with Crippen LogP contribution in [0.1, 0.15) is 48.8 Å². The molecular weight excluding hydrogens is 402 g/mol. The zero-order valence-corrected chi connectivity index (χ0v) is 18.6. The van der Waals surface area contributed by atoms with Gasteiger partial charge in [0.1, 0.15) is 17.4 Å². The van der Waals surface area contributed by atoms with Crippen LogP contribution in [0.3, 0.4) is 0 Å². The molecule has 0 atom stereocenters. The number of carbonyl (C=O) groups is 2. The highest BCUT2D eigenvalue weighted by Crippen LogP contribution is 2.19. The van der Waals surface area contributed by atoms with E-state index in [0.29, 0.717) is 17.0 Å². The number of aryl methyl sites for hydroxylation is 2.